The molecule has 144 valence electrons. The number of nitrogens with zero attached hydrogens (tertiary/aromatic N) is 1. The monoisotopic (exact) mass is 387 g/mol. The van der Waals surface area contributed by atoms with E-state index in [-0.39, 0.29) is 12.2 Å². The Morgan fingerprint density at radius 1 is 1.11 bits per heavy atom. The van der Waals surface area contributed by atoms with E-state index in [1.54, 1.807) is 11.9 Å². The number of amides is 1. The van der Waals surface area contributed by atoms with Gasteiger partial charge in [-0.2, -0.15) is 0 Å². The van der Waals surface area contributed by atoms with Crippen molar-refractivity contribution in [3.8, 4) is 0 Å². The SMILES string of the molecule is CN(C(=O)c1ccc(CCl)cc1)c1ccc(CCOC2CCCCO2)cc1. The predicted molar refractivity (Wildman–Crippen MR) is 108 cm³/mol. The van der Waals surface area contributed by atoms with Crippen LogP contribution in [0.25, 0.3) is 0 Å². The van der Waals surface area contributed by atoms with Crippen molar-refractivity contribution in [2.45, 2.75) is 37.9 Å². The van der Waals surface area contributed by atoms with Crippen molar-refractivity contribution in [3.63, 3.8) is 0 Å². The lowest BCUT2D eigenvalue weighted by molar-refractivity contribution is -0.161. The van der Waals surface area contributed by atoms with Crippen LogP contribution in [0.2, 0.25) is 0 Å². The smallest absolute Gasteiger partial charge is 0.258 e. The summed E-state index contributed by atoms with van der Waals surface area (Å²) in [6.07, 6.45) is 4.07. The predicted octanol–water partition coefficient (Wildman–Crippen LogP) is 4.79. The largest absolute Gasteiger partial charge is 0.353 e. The van der Waals surface area contributed by atoms with Gasteiger partial charge in [0.05, 0.1) is 6.61 Å². The lowest BCUT2D eigenvalue weighted by Gasteiger charge is -2.22. The van der Waals surface area contributed by atoms with Crippen LogP contribution in [0.4, 0.5) is 5.69 Å². The third-order valence-electron chi connectivity index (χ3n) is 4.82. The summed E-state index contributed by atoms with van der Waals surface area (Å²) in [5.74, 6) is 0.407. The van der Waals surface area contributed by atoms with Gasteiger partial charge in [-0.05, 0) is 61.1 Å². The molecule has 4 nitrogen and oxygen atoms in total. The highest BCUT2D eigenvalue weighted by Crippen LogP contribution is 2.18. The molecule has 1 amide bonds. The van der Waals surface area contributed by atoms with E-state index in [1.165, 1.54) is 12.0 Å². The second-order valence-electron chi connectivity index (χ2n) is 6.78. The quantitative estimate of drug-likeness (QED) is 0.641. The summed E-state index contributed by atoms with van der Waals surface area (Å²) < 4.78 is 11.4. The van der Waals surface area contributed by atoms with E-state index in [0.29, 0.717) is 18.1 Å². The maximum Gasteiger partial charge on any atom is 0.258 e. The van der Waals surface area contributed by atoms with E-state index in [0.717, 1.165) is 37.1 Å². The van der Waals surface area contributed by atoms with Crippen molar-refractivity contribution in [2.75, 3.05) is 25.2 Å². The number of carbonyl (C=O) groups is 1. The fraction of sp³-hybridized carbons (Fsp3) is 0.409. The molecule has 0 bridgehead atoms. The van der Waals surface area contributed by atoms with Gasteiger partial charge in [-0.1, -0.05) is 24.3 Å². The van der Waals surface area contributed by atoms with E-state index >= 15 is 0 Å². The molecule has 0 aromatic heterocycles. The zero-order valence-corrected chi connectivity index (χ0v) is 16.5. The van der Waals surface area contributed by atoms with E-state index in [4.69, 9.17) is 21.1 Å². The Bertz CT molecular complexity index is 724. The van der Waals surface area contributed by atoms with Crippen molar-refractivity contribution >= 4 is 23.2 Å². The van der Waals surface area contributed by atoms with Gasteiger partial charge in [-0.3, -0.25) is 4.79 Å². The number of halogens is 1. The molecular formula is C22H26ClNO3. The number of carbonyl (C=O) groups excluding carboxylic acids is 1. The van der Waals surface area contributed by atoms with Crippen molar-refractivity contribution in [1.29, 1.82) is 0 Å². The van der Waals surface area contributed by atoms with Crippen LogP contribution in [0.15, 0.2) is 48.5 Å². The minimum Gasteiger partial charge on any atom is -0.353 e. The average molecular weight is 388 g/mol. The van der Waals surface area contributed by atoms with Gasteiger partial charge in [0, 0.05) is 30.8 Å². The summed E-state index contributed by atoms with van der Waals surface area (Å²) in [7, 11) is 1.79. The van der Waals surface area contributed by atoms with Gasteiger partial charge in [0.1, 0.15) is 0 Å². The van der Waals surface area contributed by atoms with Gasteiger partial charge in [-0.25, -0.2) is 0 Å². The highest BCUT2D eigenvalue weighted by atomic mass is 35.5. The Morgan fingerprint density at radius 2 is 1.81 bits per heavy atom. The number of benzene rings is 2. The zero-order chi connectivity index (χ0) is 19.1. The number of ether oxygens (including phenoxy) is 2. The molecule has 0 radical (unpaired) electrons. The Kier molecular flexibility index (Phi) is 7.27. The molecule has 0 aliphatic carbocycles. The molecule has 1 aliphatic heterocycles. The average Bonchev–Trinajstić information content (AvgIpc) is 2.74. The number of alkyl halides is 1. The van der Waals surface area contributed by atoms with Crippen molar-refractivity contribution < 1.29 is 14.3 Å². The molecule has 1 fully saturated rings. The normalized spacial score (nSPS) is 16.9. The molecule has 0 N–H and O–H groups in total. The fourth-order valence-electron chi connectivity index (χ4n) is 3.08. The molecule has 2 aromatic carbocycles. The van der Waals surface area contributed by atoms with Crippen LogP contribution in [0.3, 0.4) is 0 Å². The molecular weight excluding hydrogens is 362 g/mol. The highest BCUT2D eigenvalue weighted by molar-refractivity contribution is 6.17. The maximum atomic E-state index is 12.6. The molecule has 0 saturated carbocycles. The van der Waals surface area contributed by atoms with Crippen LogP contribution >= 0.6 is 11.6 Å². The molecule has 2 aromatic rings. The molecule has 27 heavy (non-hydrogen) atoms. The van der Waals surface area contributed by atoms with Crippen molar-refractivity contribution in [2.24, 2.45) is 0 Å². The molecule has 1 unspecified atom stereocenters. The second kappa shape index (κ2) is 9.88. The van der Waals surface area contributed by atoms with Gasteiger partial charge in [0.2, 0.25) is 0 Å². The van der Waals surface area contributed by atoms with Crippen LogP contribution in [-0.2, 0) is 21.8 Å². The van der Waals surface area contributed by atoms with Gasteiger partial charge >= 0.3 is 0 Å². The first-order valence-electron chi connectivity index (χ1n) is 9.42. The first-order valence-corrected chi connectivity index (χ1v) is 9.96. The van der Waals surface area contributed by atoms with E-state index in [9.17, 15) is 4.79 Å². The number of hydrogen-bond donors (Lipinski definition) is 0. The first-order chi connectivity index (χ1) is 13.2. The fourth-order valence-corrected chi connectivity index (χ4v) is 3.26. The Morgan fingerprint density at radius 3 is 2.44 bits per heavy atom. The minimum atomic E-state index is -0.0491. The second-order valence-corrected chi connectivity index (χ2v) is 7.05. The summed E-state index contributed by atoms with van der Waals surface area (Å²) in [5, 5.41) is 0. The van der Waals surface area contributed by atoms with Crippen LogP contribution in [0.1, 0.15) is 40.7 Å². The minimum absolute atomic E-state index is 0.0401. The first kappa shape index (κ1) is 19.9. The third-order valence-corrected chi connectivity index (χ3v) is 5.12. The van der Waals surface area contributed by atoms with Gasteiger partial charge in [0.15, 0.2) is 6.29 Å². The molecule has 0 spiro atoms. The molecule has 5 heteroatoms. The molecule has 1 atom stereocenters. The lowest BCUT2D eigenvalue weighted by Crippen LogP contribution is -2.26. The molecule has 1 heterocycles. The van der Waals surface area contributed by atoms with E-state index in [2.05, 4.69) is 0 Å². The Labute approximate surface area is 166 Å². The Balaban J connectivity index is 1.52. The number of anilines is 1. The van der Waals surface area contributed by atoms with E-state index in [1.807, 2.05) is 48.5 Å². The van der Waals surface area contributed by atoms with Crippen molar-refractivity contribution in [3.05, 3.63) is 65.2 Å². The Hall–Kier alpha value is -1.88. The summed E-state index contributed by atoms with van der Waals surface area (Å²) in [6.45, 7) is 1.44. The summed E-state index contributed by atoms with van der Waals surface area (Å²) in [5.41, 5.74) is 3.70. The maximum absolute atomic E-state index is 12.6. The summed E-state index contributed by atoms with van der Waals surface area (Å²) in [6, 6.07) is 15.4. The molecule has 1 aliphatic rings. The molecule has 3 rings (SSSR count). The summed E-state index contributed by atoms with van der Waals surface area (Å²) in [4.78, 5) is 14.3. The number of rotatable bonds is 7. The standard InChI is InChI=1S/C22H26ClNO3/c1-24(22(25)19-9-5-18(16-23)6-10-19)20-11-7-17(8-12-20)13-15-27-21-4-2-3-14-26-21/h5-12,21H,2-4,13-16H2,1H3. The van der Waals surface area contributed by atoms with Gasteiger partial charge in [0.25, 0.3) is 5.91 Å². The topological polar surface area (TPSA) is 38.8 Å². The van der Waals surface area contributed by atoms with Crippen LogP contribution in [0.5, 0.6) is 0 Å². The zero-order valence-electron chi connectivity index (χ0n) is 15.7. The lowest BCUT2D eigenvalue weighted by atomic mass is 10.1. The molecule has 1 saturated heterocycles. The third kappa shape index (κ3) is 5.55. The summed E-state index contributed by atoms with van der Waals surface area (Å²) >= 11 is 5.80. The van der Waals surface area contributed by atoms with Crippen LogP contribution in [-0.4, -0.2) is 32.5 Å². The van der Waals surface area contributed by atoms with Crippen LogP contribution < -0.4 is 4.90 Å². The number of hydrogen-bond acceptors (Lipinski definition) is 3. The van der Waals surface area contributed by atoms with E-state index < -0.39 is 0 Å². The van der Waals surface area contributed by atoms with Gasteiger partial charge in [-0.15, -0.1) is 11.6 Å². The van der Waals surface area contributed by atoms with Crippen molar-refractivity contribution in [1.82, 2.24) is 0 Å². The van der Waals surface area contributed by atoms with Gasteiger partial charge < -0.3 is 14.4 Å². The highest BCUT2D eigenvalue weighted by Gasteiger charge is 2.15. The van der Waals surface area contributed by atoms with Crippen LogP contribution in [0, 0.1) is 0 Å².